The third-order valence-electron chi connectivity index (χ3n) is 2.53. The Hall–Kier alpha value is -2.47. The largest absolute Gasteiger partial charge is 0.389 e. The first-order chi connectivity index (χ1) is 9.08. The molecule has 1 aromatic carbocycles. The summed E-state index contributed by atoms with van der Waals surface area (Å²) >= 11 is 4.97. The van der Waals surface area contributed by atoms with E-state index >= 15 is 0 Å². The van der Waals surface area contributed by atoms with Gasteiger partial charge in [0.2, 0.25) is 5.91 Å². The predicted octanol–water partition coefficient (Wildman–Crippen LogP) is 1.56. The average molecular weight is 272 g/mol. The van der Waals surface area contributed by atoms with Gasteiger partial charge < -0.3 is 16.8 Å². The Morgan fingerprint density at radius 2 is 1.84 bits per heavy atom. The van der Waals surface area contributed by atoms with Gasteiger partial charge in [-0.3, -0.25) is 9.78 Å². The van der Waals surface area contributed by atoms with Crippen molar-refractivity contribution in [3.8, 4) is 0 Å². The van der Waals surface area contributed by atoms with Crippen LogP contribution in [0.1, 0.15) is 15.9 Å². The van der Waals surface area contributed by atoms with Crippen molar-refractivity contribution in [2.75, 3.05) is 5.32 Å². The number of nitrogens with one attached hydrogen (secondary N) is 1. The monoisotopic (exact) mass is 272 g/mol. The Labute approximate surface area is 115 Å². The summed E-state index contributed by atoms with van der Waals surface area (Å²) in [5.41, 5.74) is 13.5. The van der Waals surface area contributed by atoms with E-state index in [1.54, 1.807) is 42.7 Å². The molecule has 5 nitrogen and oxygen atoms in total. The number of hydrogen-bond donors (Lipinski definition) is 3. The van der Waals surface area contributed by atoms with Gasteiger partial charge in [-0.05, 0) is 30.3 Å². The zero-order valence-electron chi connectivity index (χ0n) is 9.96. The zero-order chi connectivity index (χ0) is 13.8. The molecule has 96 valence electrons. The number of hydrogen-bond acceptors (Lipinski definition) is 4. The van der Waals surface area contributed by atoms with Crippen LogP contribution in [0.15, 0.2) is 42.7 Å². The standard InChI is InChI=1S/C13H12N4OS/c14-12(18)8-1-3-9(4-2-8)17-11-7-16-6-5-10(11)13(15)19/h1-7,17H,(H2,14,18)(H2,15,19). The molecule has 0 radical (unpaired) electrons. The molecular weight excluding hydrogens is 260 g/mol. The van der Waals surface area contributed by atoms with Gasteiger partial charge in [0.25, 0.3) is 0 Å². The number of aromatic nitrogens is 1. The van der Waals surface area contributed by atoms with Crippen LogP contribution in [-0.2, 0) is 0 Å². The molecule has 1 heterocycles. The molecule has 0 saturated heterocycles. The van der Waals surface area contributed by atoms with Crippen LogP contribution in [0.2, 0.25) is 0 Å². The molecule has 0 fully saturated rings. The minimum absolute atomic E-state index is 0.290. The van der Waals surface area contributed by atoms with Gasteiger partial charge >= 0.3 is 0 Å². The lowest BCUT2D eigenvalue weighted by atomic mass is 10.2. The minimum atomic E-state index is -0.461. The van der Waals surface area contributed by atoms with Crippen LogP contribution < -0.4 is 16.8 Å². The van der Waals surface area contributed by atoms with Crippen LogP contribution in [0.5, 0.6) is 0 Å². The Morgan fingerprint density at radius 3 is 2.42 bits per heavy atom. The summed E-state index contributed by atoms with van der Waals surface area (Å²) in [4.78, 5) is 15.3. The second-order valence-corrected chi connectivity index (χ2v) is 4.29. The van der Waals surface area contributed by atoms with Crippen LogP contribution in [0.3, 0.4) is 0 Å². The highest BCUT2D eigenvalue weighted by atomic mass is 32.1. The molecular formula is C13H12N4OS. The van der Waals surface area contributed by atoms with Crippen molar-refractivity contribution in [1.29, 1.82) is 0 Å². The fraction of sp³-hybridized carbons (Fsp3) is 0. The first-order valence-electron chi connectivity index (χ1n) is 5.48. The summed E-state index contributed by atoms with van der Waals surface area (Å²) in [5, 5.41) is 3.14. The molecule has 0 spiro atoms. The molecule has 19 heavy (non-hydrogen) atoms. The molecule has 0 aliphatic carbocycles. The number of benzene rings is 1. The van der Waals surface area contributed by atoms with E-state index in [1.807, 2.05) is 0 Å². The number of pyridine rings is 1. The van der Waals surface area contributed by atoms with Crippen LogP contribution in [0, 0.1) is 0 Å². The van der Waals surface area contributed by atoms with Gasteiger partial charge in [-0.25, -0.2) is 0 Å². The Balaban J connectivity index is 2.26. The van der Waals surface area contributed by atoms with Gasteiger partial charge in [0.15, 0.2) is 0 Å². The Bertz CT molecular complexity index is 625. The highest BCUT2D eigenvalue weighted by Crippen LogP contribution is 2.20. The van der Waals surface area contributed by atoms with Crippen molar-refractivity contribution in [1.82, 2.24) is 4.98 Å². The first kappa shape index (κ1) is 13.0. The second kappa shape index (κ2) is 5.45. The number of carbonyl (C=O) groups is 1. The molecule has 0 aliphatic rings. The SMILES string of the molecule is NC(=O)c1ccc(Nc2cnccc2C(N)=S)cc1. The lowest BCUT2D eigenvalue weighted by molar-refractivity contribution is 0.100. The van der Waals surface area contributed by atoms with Crippen molar-refractivity contribution >= 4 is 34.5 Å². The highest BCUT2D eigenvalue weighted by molar-refractivity contribution is 7.80. The quantitative estimate of drug-likeness (QED) is 0.734. The third-order valence-corrected chi connectivity index (χ3v) is 2.75. The average Bonchev–Trinajstić information content (AvgIpc) is 2.39. The van der Waals surface area contributed by atoms with E-state index in [2.05, 4.69) is 10.3 Å². The van der Waals surface area contributed by atoms with Gasteiger partial charge in [0.05, 0.1) is 11.9 Å². The maximum absolute atomic E-state index is 11.0. The second-order valence-electron chi connectivity index (χ2n) is 3.85. The number of primary amides is 1. The summed E-state index contributed by atoms with van der Waals surface area (Å²) in [5.74, 6) is -0.461. The minimum Gasteiger partial charge on any atom is -0.389 e. The number of nitrogens with zero attached hydrogens (tertiary/aromatic N) is 1. The third kappa shape index (κ3) is 3.05. The molecule has 1 aromatic heterocycles. The Kier molecular flexibility index (Phi) is 3.72. The summed E-state index contributed by atoms with van der Waals surface area (Å²) in [6.07, 6.45) is 3.26. The molecule has 5 N–H and O–H groups in total. The van der Waals surface area contributed by atoms with E-state index in [-0.39, 0.29) is 0 Å². The lowest BCUT2D eigenvalue weighted by Crippen LogP contribution is -2.12. The highest BCUT2D eigenvalue weighted by Gasteiger charge is 2.05. The van der Waals surface area contributed by atoms with E-state index in [4.69, 9.17) is 23.7 Å². The summed E-state index contributed by atoms with van der Waals surface area (Å²) < 4.78 is 0. The van der Waals surface area contributed by atoms with Crippen LogP contribution in [0.4, 0.5) is 11.4 Å². The van der Waals surface area contributed by atoms with E-state index in [0.717, 1.165) is 5.69 Å². The number of rotatable bonds is 4. The number of carbonyl (C=O) groups excluding carboxylic acids is 1. The molecule has 0 bridgehead atoms. The predicted molar refractivity (Wildman–Crippen MR) is 78.4 cm³/mol. The maximum Gasteiger partial charge on any atom is 0.248 e. The van der Waals surface area contributed by atoms with E-state index in [0.29, 0.717) is 21.8 Å². The molecule has 0 atom stereocenters. The normalized spacial score (nSPS) is 9.89. The van der Waals surface area contributed by atoms with Crippen LogP contribution in [-0.4, -0.2) is 15.9 Å². The topological polar surface area (TPSA) is 94.0 Å². The van der Waals surface area contributed by atoms with Gasteiger partial charge in [-0.15, -0.1) is 0 Å². The van der Waals surface area contributed by atoms with Crippen LogP contribution in [0.25, 0.3) is 0 Å². The van der Waals surface area contributed by atoms with Crippen molar-refractivity contribution in [3.63, 3.8) is 0 Å². The molecule has 0 unspecified atom stereocenters. The van der Waals surface area contributed by atoms with Crippen molar-refractivity contribution < 1.29 is 4.79 Å². The number of thiocarbonyl (C=S) groups is 1. The maximum atomic E-state index is 11.0. The summed E-state index contributed by atoms with van der Waals surface area (Å²) in [6.45, 7) is 0. The summed E-state index contributed by atoms with van der Waals surface area (Å²) in [6, 6.07) is 8.51. The Morgan fingerprint density at radius 1 is 1.16 bits per heavy atom. The molecule has 6 heteroatoms. The molecule has 2 aromatic rings. The number of amides is 1. The van der Waals surface area contributed by atoms with E-state index in [9.17, 15) is 4.79 Å². The number of nitrogens with two attached hydrogens (primary N) is 2. The van der Waals surface area contributed by atoms with Gasteiger partial charge in [-0.1, -0.05) is 12.2 Å². The van der Waals surface area contributed by atoms with Gasteiger partial charge in [-0.2, -0.15) is 0 Å². The van der Waals surface area contributed by atoms with Crippen molar-refractivity contribution in [2.45, 2.75) is 0 Å². The molecule has 1 amide bonds. The first-order valence-corrected chi connectivity index (χ1v) is 5.89. The lowest BCUT2D eigenvalue weighted by Gasteiger charge is -2.10. The fourth-order valence-corrected chi connectivity index (χ4v) is 1.76. The van der Waals surface area contributed by atoms with Crippen LogP contribution >= 0.6 is 12.2 Å². The van der Waals surface area contributed by atoms with E-state index in [1.165, 1.54) is 0 Å². The van der Waals surface area contributed by atoms with Gasteiger partial charge in [0.1, 0.15) is 4.99 Å². The zero-order valence-corrected chi connectivity index (χ0v) is 10.8. The fourth-order valence-electron chi connectivity index (χ4n) is 1.58. The molecule has 0 aliphatic heterocycles. The smallest absolute Gasteiger partial charge is 0.248 e. The molecule has 2 rings (SSSR count). The summed E-state index contributed by atoms with van der Waals surface area (Å²) in [7, 11) is 0. The van der Waals surface area contributed by atoms with Crippen molar-refractivity contribution in [2.24, 2.45) is 11.5 Å². The van der Waals surface area contributed by atoms with E-state index < -0.39 is 5.91 Å². The molecule has 0 saturated carbocycles. The number of anilines is 2. The van der Waals surface area contributed by atoms with Gasteiger partial charge in [0, 0.05) is 23.0 Å². The van der Waals surface area contributed by atoms with Crippen molar-refractivity contribution in [3.05, 3.63) is 53.9 Å².